The van der Waals surface area contributed by atoms with Crippen molar-refractivity contribution >= 4 is 27.7 Å². The third-order valence-corrected chi connectivity index (χ3v) is 2.81. The van der Waals surface area contributed by atoms with E-state index >= 15 is 0 Å². The summed E-state index contributed by atoms with van der Waals surface area (Å²) < 4.78 is 0.886. The number of hydrogen-bond donors (Lipinski definition) is 4. The number of carbonyl (C=O) groups is 2. The van der Waals surface area contributed by atoms with Crippen molar-refractivity contribution in [3.8, 4) is 0 Å². The molecule has 2 amide bonds. The molecule has 1 aromatic carbocycles. The smallest absolute Gasteiger partial charge is 0.241 e. The number of amides is 2. The fourth-order valence-electron chi connectivity index (χ4n) is 1.40. The molecule has 0 aliphatic rings. The number of hydrogen-bond acceptors (Lipinski definition) is 4. The summed E-state index contributed by atoms with van der Waals surface area (Å²) in [7, 11) is 0. The lowest BCUT2D eigenvalue weighted by Crippen LogP contribution is -2.38. The molecule has 0 aromatic heterocycles. The normalized spacial score (nSPS) is 11.7. The van der Waals surface area contributed by atoms with Gasteiger partial charge in [0.2, 0.25) is 11.8 Å². The fourth-order valence-corrected chi connectivity index (χ4v) is 1.67. The van der Waals surface area contributed by atoms with E-state index < -0.39 is 17.7 Å². The molecule has 1 rings (SSSR count). The van der Waals surface area contributed by atoms with Crippen LogP contribution in [0.3, 0.4) is 0 Å². The molecular formula is C10H13BrN4O2. The molecule has 0 spiro atoms. The lowest BCUT2D eigenvalue weighted by Gasteiger charge is -2.14. The maximum absolute atomic E-state index is 11.6. The van der Waals surface area contributed by atoms with Crippen molar-refractivity contribution in [2.75, 3.05) is 0 Å². The van der Waals surface area contributed by atoms with Crippen molar-refractivity contribution in [2.45, 2.75) is 12.3 Å². The molecule has 7 heteroatoms. The average Bonchev–Trinajstić information content (AvgIpc) is 2.36. The largest absolute Gasteiger partial charge is 0.294 e. The summed E-state index contributed by atoms with van der Waals surface area (Å²) in [5.74, 6) is 8.56. The zero-order valence-corrected chi connectivity index (χ0v) is 10.5. The second kappa shape index (κ2) is 6.33. The van der Waals surface area contributed by atoms with Crippen molar-refractivity contribution in [1.29, 1.82) is 0 Å². The Hall–Kier alpha value is -1.44. The molecular weight excluding hydrogens is 288 g/mol. The Morgan fingerprint density at radius 1 is 1.18 bits per heavy atom. The van der Waals surface area contributed by atoms with Crippen LogP contribution < -0.4 is 22.5 Å². The number of carbonyl (C=O) groups excluding carboxylic acids is 2. The summed E-state index contributed by atoms with van der Waals surface area (Å²) in [5.41, 5.74) is 4.72. The Morgan fingerprint density at radius 3 is 2.24 bits per heavy atom. The molecule has 92 valence electrons. The van der Waals surface area contributed by atoms with Crippen molar-refractivity contribution < 1.29 is 9.59 Å². The molecule has 0 saturated heterocycles. The molecule has 0 aliphatic carbocycles. The topological polar surface area (TPSA) is 110 Å². The summed E-state index contributed by atoms with van der Waals surface area (Å²) >= 11 is 3.29. The molecule has 1 atom stereocenters. The Labute approximate surface area is 107 Å². The molecule has 6 N–H and O–H groups in total. The zero-order chi connectivity index (χ0) is 12.8. The van der Waals surface area contributed by atoms with Gasteiger partial charge in [0.25, 0.3) is 0 Å². The van der Waals surface area contributed by atoms with Crippen molar-refractivity contribution in [3.63, 3.8) is 0 Å². The van der Waals surface area contributed by atoms with Crippen LogP contribution in [-0.2, 0) is 9.59 Å². The van der Waals surface area contributed by atoms with Crippen LogP contribution in [0.25, 0.3) is 0 Å². The van der Waals surface area contributed by atoms with Crippen LogP contribution in [0.2, 0.25) is 0 Å². The maximum Gasteiger partial charge on any atom is 0.241 e. The van der Waals surface area contributed by atoms with E-state index in [1.165, 1.54) is 0 Å². The van der Waals surface area contributed by atoms with E-state index in [-0.39, 0.29) is 6.42 Å². The van der Waals surface area contributed by atoms with Gasteiger partial charge in [-0.05, 0) is 17.7 Å². The lowest BCUT2D eigenvalue weighted by atomic mass is 9.95. The predicted octanol–water partition coefficient (Wildman–Crippen LogP) is -0.0974. The first-order valence-electron chi connectivity index (χ1n) is 4.84. The average molecular weight is 301 g/mol. The van der Waals surface area contributed by atoms with Gasteiger partial charge in [0.1, 0.15) is 0 Å². The molecule has 0 bridgehead atoms. The Bertz CT molecular complexity index is 407. The minimum absolute atomic E-state index is 0.0544. The second-order valence-electron chi connectivity index (χ2n) is 3.38. The molecule has 6 nitrogen and oxygen atoms in total. The number of nitrogens with one attached hydrogen (secondary N) is 2. The van der Waals surface area contributed by atoms with Crippen LogP contribution in [0.15, 0.2) is 28.7 Å². The molecule has 0 aliphatic heterocycles. The SMILES string of the molecule is NNC(=O)CC(C(=O)NN)c1ccc(Br)cc1. The van der Waals surface area contributed by atoms with Crippen molar-refractivity contribution in [1.82, 2.24) is 10.9 Å². The highest BCUT2D eigenvalue weighted by Crippen LogP contribution is 2.21. The van der Waals surface area contributed by atoms with E-state index in [2.05, 4.69) is 15.9 Å². The van der Waals surface area contributed by atoms with Gasteiger partial charge in [-0.25, -0.2) is 11.7 Å². The number of rotatable bonds is 4. The quantitative estimate of drug-likeness (QED) is 0.354. The standard InChI is InChI=1S/C10H13BrN4O2/c11-7-3-1-6(2-4-7)8(10(17)15-13)5-9(16)14-12/h1-4,8H,5,12-13H2,(H,14,16)(H,15,17). The van der Waals surface area contributed by atoms with Gasteiger partial charge >= 0.3 is 0 Å². The van der Waals surface area contributed by atoms with Crippen molar-refractivity contribution in [2.24, 2.45) is 11.7 Å². The van der Waals surface area contributed by atoms with Gasteiger partial charge in [-0.2, -0.15) is 0 Å². The van der Waals surface area contributed by atoms with Crippen LogP contribution in [-0.4, -0.2) is 11.8 Å². The molecule has 0 saturated carbocycles. The third kappa shape index (κ3) is 3.81. The van der Waals surface area contributed by atoms with Gasteiger partial charge in [-0.1, -0.05) is 28.1 Å². The van der Waals surface area contributed by atoms with E-state index in [0.29, 0.717) is 5.56 Å². The second-order valence-corrected chi connectivity index (χ2v) is 4.30. The van der Waals surface area contributed by atoms with E-state index in [1.807, 2.05) is 10.9 Å². The molecule has 1 unspecified atom stereocenters. The maximum atomic E-state index is 11.6. The van der Waals surface area contributed by atoms with Gasteiger partial charge in [0, 0.05) is 10.9 Å². The predicted molar refractivity (Wildman–Crippen MR) is 66.2 cm³/mol. The first-order valence-corrected chi connectivity index (χ1v) is 5.63. The summed E-state index contributed by atoms with van der Waals surface area (Å²) in [6.45, 7) is 0. The van der Waals surface area contributed by atoms with Gasteiger partial charge in [0.15, 0.2) is 0 Å². The fraction of sp³-hybridized carbons (Fsp3) is 0.200. The van der Waals surface area contributed by atoms with Crippen LogP contribution in [0.1, 0.15) is 17.9 Å². The van der Waals surface area contributed by atoms with E-state index in [4.69, 9.17) is 11.7 Å². The highest BCUT2D eigenvalue weighted by molar-refractivity contribution is 9.10. The number of nitrogens with two attached hydrogens (primary N) is 2. The van der Waals surface area contributed by atoms with Gasteiger partial charge < -0.3 is 0 Å². The van der Waals surface area contributed by atoms with Gasteiger partial charge in [-0.3, -0.25) is 20.4 Å². The van der Waals surface area contributed by atoms with Crippen LogP contribution >= 0.6 is 15.9 Å². The highest BCUT2D eigenvalue weighted by Gasteiger charge is 2.22. The van der Waals surface area contributed by atoms with Crippen LogP contribution in [0.4, 0.5) is 0 Å². The number of hydrazine groups is 2. The number of benzene rings is 1. The molecule has 0 fully saturated rings. The monoisotopic (exact) mass is 300 g/mol. The van der Waals surface area contributed by atoms with Crippen LogP contribution in [0.5, 0.6) is 0 Å². The van der Waals surface area contributed by atoms with E-state index in [1.54, 1.807) is 24.3 Å². The van der Waals surface area contributed by atoms with Crippen LogP contribution in [0, 0.1) is 0 Å². The Kier molecular flexibility index (Phi) is 5.08. The summed E-state index contributed by atoms with van der Waals surface area (Å²) in [6.07, 6.45) is -0.0544. The first-order chi connectivity index (χ1) is 8.08. The summed E-state index contributed by atoms with van der Waals surface area (Å²) in [5, 5.41) is 0. The molecule has 1 aromatic rings. The minimum atomic E-state index is -0.656. The first kappa shape index (κ1) is 13.6. The summed E-state index contributed by atoms with van der Waals surface area (Å²) in [6, 6.07) is 7.06. The number of halogens is 1. The van der Waals surface area contributed by atoms with E-state index in [0.717, 1.165) is 4.47 Å². The minimum Gasteiger partial charge on any atom is -0.294 e. The van der Waals surface area contributed by atoms with E-state index in [9.17, 15) is 9.59 Å². The summed E-state index contributed by atoms with van der Waals surface area (Å²) in [4.78, 5) is 22.8. The molecule has 0 heterocycles. The zero-order valence-electron chi connectivity index (χ0n) is 8.94. The van der Waals surface area contributed by atoms with Gasteiger partial charge in [0.05, 0.1) is 5.92 Å². The lowest BCUT2D eigenvalue weighted by molar-refractivity contribution is -0.127. The Morgan fingerprint density at radius 2 is 1.76 bits per heavy atom. The third-order valence-electron chi connectivity index (χ3n) is 2.28. The molecule has 17 heavy (non-hydrogen) atoms. The van der Waals surface area contributed by atoms with Gasteiger partial charge in [-0.15, -0.1) is 0 Å². The van der Waals surface area contributed by atoms with Crippen molar-refractivity contribution in [3.05, 3.63) is 34.3 Å². The Balaban J connectivity index is 2.93. The molecule has 0 radical (unpaired) electrons. The highest BCUT2D eigenvalue weighted by atomic mass is 79.9.